The zero-order valence-corrected chi connectivity index (χ0v) is 15.2. The van der Waals surface area contributed by atoms with E-state index in [9.17, 15) is 9.59 Å². The number of halogens is 1. The number of carbonyl (C=O) groups excluding carboxylic acids is 2. The minimum absolute atomic E-state index is 0. The van der Waals surface area contributed by atoms with Gasteiger partial charge in [0, 0.05) is 50.4 Å². The van der Waals surface area contributed by atoms with E-state index in [1.54, 1.807) is 4.90 Å². The number of carbonyl (C=O) groups is 2. The maximum Gasteiger partial charge on any atom is 0.274 e. The van der Waals surface area contributed by atoms with Gasteiger partial charge in [-0.25, -0.2) is 0 Å². The molecule has 0 bridgehead atoms. The van der Waals surface area contributed by atoms with Crippen LogP contribution in [0, 0.1) is 11.8 Å². The van der Waals surface area contributed by atoms with Crippen LogP contribution >= 0.6 is 12.4 Å². The highest BCUT2D eigenvalue weighted by Gasteiger charge is 2.32. The van der Waals surface area contributed by atoms with Crippen molar-refractivity contribution < 1.29 is 9.59 Å². The van der Waals surface area contributed by atoms with Crippen molar-refractivity contribution in [1.29, 1.82) is 0 Å². The first-order chi connectivity index (χ1) is 11.7. The number of aromatic amines is 1. The standard InChI is InChI=1S/C17H25N5O2.ClH/c23-16(19-8-11-3-4-11)12-2-1-7-22(10-12)17(24)15-13-9-18-6-5-14(13)20-21-15;/h11-12,18H,1-10H2,(H,19,23)(H,20,21);1H. The molecule has 7 nitrogen and oxygen atoms in total. The highest BCUT2D eigenvalue weighted by atomic mass is 35.5. The number of fused-ring (bicyclic) bond motifs is 1. The number of likely N-dealkylation sites (tertiary alicyclic amines) is 1. The van der Waals surface area contributed by atoms with Crippen molar-refractivity contribution in [3.8, 4) is 0 Å². The second-order valence-electron chi connectivity index (χ2n) is 7.23. The van der Waals surface area contributed by atoms with Crippen molar-refractivity contribution in [2.75, 3.05) is 26.2 Å². The van der Waals surface area contributed by atoms with Crippen molar-refractivity contribution >= 4 is 24.2 Å². The second-order valence-corrected chi connectivity index (χ2v) is 7.23. The predicted octanol–water partition coefficient (Wildman–Crippen LogP) is 0.856. The van der Waals surface area contributed by atoms with Gasteiger partial charge < -0.3 is 15.5 Å². The lowest BCUT2D eigenvalue weighted by atomic mass is 9.96. The topological polar surface area (TPSA) is 90.1 Å². The lowest BCUT2D eigenvalue weighted by Crippen LogP contribution is -2.46. The molecule has 138 valence electrons. The summed E-state index contributed by atoms with van der Waals surface area (Å²) in [5.41, 5.74) is 2.58. The smallest absolute Gasteiger partial charge is 0.274 e. The van der Waals surface area contributed by atoms with Crippen LogP contribution in [-0.2, 0) is 17.8 Å². The molecule has 25 heavy (non-hydrogen) atoms. The van der Waals surface area contributed by atoms with Gasteiger partial charge in [-0.15, -0.1) is 12.4 Å². The number of rotatable bonds is 4. The number of nitrogens with one attached hydrogen (secondary N) is 3. The van der Waals surface area contributed by atoms with Gasteiger partial charge in [-0.05, 0) is 31.6 Å². The molecule has 3 heterocycles. The Balaban J connectivity index is 0.00000182. The van der Waals surface area contributed by atoms with E-state index in [1.165, 1.54) is 12.8 Å². The number of amides is 2. The zero-order valence-electron chi connectivity index (χ0n) is 14.3. The Hall–Kier alpha value is -1.60. The number of aromatic nitrogens is 2. The molecule has 2 amide bonds. The van der Waals surface area contributed by atoms with Crippen molar-refractivity contribution in [3.63, 3.8) is 0 Å². The fraction of sp³-hybridized carbons (Fsp3) is 0.706. The first-order valence-corrected chi connectivity index (χ1v) is 9.06. The average Bonchev–Trinajstić information content (AvgIpc) is 3.36. The Morgan fingerprint density at radius 1 is 1.28 bits per heavy atom. The molecule has 0 spiro atoms. The van der Waals surface area contributed by atoms with E-state index >= 15 is 0 Å². The number of hydrogen-bond donors (Lipinski definition) is 3. The van der Waals surface area contributed by atoms with Crippen LogP contribution < -0.4 is 10.6 Å². The first kappa shape index (κ1) is 18.2. The minimum atomic E-state index is -0.0886. The monoisotopic (exact) mass is 367 g/mol. The van der Waals surface area contributed by atoms with E-state index < -0.39 is 0 Å². The summed E-state index contributed by atoms with van der Waals surface area (Å²) in [6, 6.07) is 0. The first-order valence-electron chi connectivity index (χ1n) is 9.06. The number of piperidine rings is 1. The third kappa shape index (κ3) is 3.98. The van der Waals surface area contributed by atoms with E-state index in [4.69, 9.17) is 0 Å². The van der Waals surface area contributed by atoms with Gasteiger partial charge in [0.2, 0.25) is 5.91 Å². The van der Waals surface area contributed by atoms with Gasteiger partial charge in [0.1, 0.15) is 0 Å². The molecule has 1 aliphatic carbocycles. The quantitative estimate of drug-likeness (QED) is 0.736. The van der Waals surface area contributed by atoms with Crippen molar-refractivity contribution in [1.82, 2.24) is 25.7 Å². The van der Waals surface area contributed by atoms with Gasteiger partial charge in [-0.1, -0.05) is 0 Å². The normalized spacial score (nSPS) is 22.7. The van der Waals surface area contributed by atoms with Gasteiger partial charge in [0.15, 0.2) is 5.69 Å². The van der Waals surface area contributed by atoms with Crippen LogP contribution in [0.25, 0.3) is 0 Å². The lowest BCUT2D eigenvalue weighted by molar-refractivity contribution is -0.126. The van der Waals surface area contributed by atoms with Gasteiger partial charge in [0.25, 0.3) is 5.91 Å². The van der Waals surface area contributed by atoms with Crippen LogP contribution in [0.2, 0.25) is 0 Å². The highest BCUT2D eigenvalue weighted by molar-refractivity contribution is 5.94. The van der Waals surface area contributed by atoms with E-state index in [1.807, 2.05) is 0 Å². The maximum absolute atomic E-state index is 12.9. The van der Waals surface area contributed by atoms with Crippen LogP contribution in [0.5, 0.6) is 0 Å². The summed E-state index contributed by atoms with van der Waals surface area (Å²) in [5, 5.41) is 13.6. The molecule has 3 aliphatic rings. The van der Waals surface area contributed by atoms with Crippen LogP contribution in [0.4, 0.5) is 0 Å². The Labute approximate surface area is 153 Å². The Bertz CT molecular complexity index is 643. The largest absolute Gasteiger partial charge is 0.356 e. The molecule has 2 aliphatic heterocycles. The molecule has 8 heteroatoms. The second kappa shape index (κ2) is 7.74. The Kier molecular flexibility index (Phi) is 5.64. The van der Waals surface area contributed by atoms with Crippen molar-refractivity contribution in [2.45, 2.75) is 38.6 Å². The van der Waals surface area contributed by atoms with E-state index in [0.717, 1.165) is 43.6 Å². The average molecular weight is 368 g/mol. The molecule has 2 fully saturated rings. The third-order valence-electron chi connectivity index (χ3n) is 5.35. The SMILES string of the molecule is Cl.O=C(NCC1CC1)C1CCCN(C(=O)c2n[nH]c3c2CNCC3)C1. The molecule has 1 saturated carbocycles. The molecule has 3 N–H and O–H groups in total. The fourth-order valence-electron chi connectivity index (χ4n) is 3.64. The van der Waals surface area contributed by atoms with Crippen LogP contribution in [0.1, 0.15) is 47.4 Å². The maximum atomic E-state index is 12.9. The van der Waals surface area contributed by atoms with Crippen LogP contribution in [0.15, 0.2) is 0 Å². The van der Waals surface area contributed by atoms with E-state index in [0.29, 0.717) is 31.2 Å². The number of hydrogen-bond acceptors (Lipinski definition) is 4. The van der Waals surface area contributed by atoms with Gasteiger partial charge in [-0.2, -0.15) is 5.10 Å². The minimum Gasteiger partial charge on any atom is -0.356 e. The summed E-state index contributed by atoms with van der Waals surface area (Å²) in [4.78, 5) is 27.0. The summed E-state index contributed by atoms with van der Waals surface area (Å²) >= 11 is 0. The van der Waals surface area contributed by atoms with Crippen LogP contribution in [0.3, 0.4) is 0 Å². The molecular formula is C17H26ClN5O2. The summed E-state index contributed by atoms with van der Waals surface area (Å²) in [6.07, 6.45) is 5.07. The Morgan fingerprint density at radius 2 is 2.12 bits per heavy atom. The number of nitrogens with zero attached hydrogens (tertiary/aromatic N) is 2. The molecule has 0 radical (unpaired) electrons. The van der Waals surface area contributed by atoms with Gasteiger partial charge >= 0.3 is 0 Å². The summed E-state index contributed by atoms with van der Waals surface area (Å²) < 4.78 is 0. The van der Waals surface area contributed by atoms with Crippen LogP contribution in [-0.4, -0.2) is 53.1 Å². The van der Waals surface area contributed by atoms with E-state index in [-0.39, 0.29) is 30.1 Å². The summed E-state index contributed by atoms with van der Waals surface area (Å²) in [7, 11) is 0. The fourth-order valence-corrected chi connectivity index (χ4v) is 3.64. The molecule has 4 rings (SSSR count). The van der Waals surface area contributed by atoms with Gasteiger partial charge in [-0.3, -0.25) is 14.7 Å². The lowest BCUT2D eigenvalue weighted by Gasteiger charge is -2.32. The van der Waals surface area contributed by atoms with Crippen molar-refractivity contribution in [3.05, 3.63) is 17.0 Å². The van der Waals surface area contributed by atoms with E-state index in [2.05, 4.69) is 20.8 Å². The molecule has 1 aromatic heterocycles. The van der Waals surface area contributed by atoms with Crippen molar-refractivity contribution in [2.24, 2.45) is 11.8 Å². The molecule has 1 aromatic rings. The molecule has 1 atom stereocenters. The van der Waals surface area contributed by atoms with Gasteiger partial charge in [0.05, 0.1) is 5.92 Å². The predicted molar refractivity (Wildman–Crippen MR) is 95.6 cm³/mol. The molecule has 1 saturated heterocycles. The molecule has 0 aromatic carbocycles. The zero-order chi connectivity index (χ0) is 16.5. The summed E-state index contributed by atoms with van der Waals surface area (Å²) in [5.74, 6) is 0.647. The Morgan fingerprint density at radius 3 is 2.92 bits per heavy atom. The highest BCUT2D eigenvalue weighted by Crippen LogP contribution is 2.28. The molecular weight excluding hydrogens is 342 g/mol. The number of H-pyrrole nitrogens is 1. The molecule has 1 unspecified atom stereocenters. The third-order valence-corrected chi connectivity index (χ3v) is 5.35. The summed E-state index contributed by atoms with van der Waals surface area (Å²) in [6.45, 7) is 3.61.